The number of aromatic amines is 1. The Hall–Kier alpha value is -3.48. The number of carbonyl (C=O) groups is 2. The van der Waals surface area contributed by atoms with Crippen LogP contribution in [0.2, 0.25) is 0 Å². The Morgan fingerprint density at radius 1 is 1.17 bits per heavy atom. The molecule has 3 aliphatic rings. The zero-order chi connectivity index (χ0) is 25.8. The lowest BCUT2D eigenvalue weighted by Gasteiger charge is -2.46. The monoisotopic (exact) mass is 396 g/mol. The second kappa shape index (κ2) is 5.76. The highest BCUT2D eigenvalue weighted by molar-refractivity contribution is 5.97. The van der Waals surface area contributed by atoms with Gasteiger partial charge in [0.25, 0.3) is 0 Å². The van der Waals surface area contributed by atoms with Crippen LogP contribution in [0.3, 0.4) is 0 Å². The van der Waals surface area contributed by atoms with Gasteiger partial charge in [-0.05, 0) is 29.3 Å². The van der Waals surface area contributed by atoms with Gasteiger partial charge in [0, 0.05) is 36.8 Å². The molecule has 6 rings (SSSR count). The number of hydrogen-bond acceptors (Lipinski definition) is 4. The molecule has 0 aliphatic carbocycles. The highest BCUT2D eigenvalue weighted by atomic mass is 16.7. The highest BCUT2D eigenvalue weighted by Gasteiger charge is 2.47. The summed E-state index contributed by atoms with van der Waals surface area (Å²) in [5, 5.41) is 0.505. The molecule has 0 spiro atoms. The summed E-state index contributed by atoms with van der Waals surface area (Å²) in [6, 6.07) is 8.70. The number of aromatic nitrogens is 1. The number of carbonyl (C=O) groups excluding carboxylic acids is 2. The first-order valence-electron chi connectivity index (χ1n) is 12.6. The molecule has 29 heavy (non-hydrogen) atoms. The van der Waals surface area contributed by atoms with Crippen molar-refractivity contribution in [3.05, 3.63) is 59.3 Å². The van der Waals surface area contributed by atoms with Gasteiger partial charge in [0.2, 0.25) is 18.6 Å². The van der Waals surface area contributed by atoms with Crippen LogP contribution in [0.15, 0.2) is 42.5 Å². The SMILES string of the molecule is [2H]C1([2H])Oc2ccc(C3c4[nH]c5ccccc5c4C([2H])([2H])[C@@H]4C(=O)N(C([2H])([2H])[2H])CC(=O)N34)cc2O1. The number of nitrogens with zero attached hydrogens (tertiary/aromatic N) is 2. The van der Waals surface area contributed by atoms with Gasteiger partial charge in [0.15, 0.2) is 11.5 Å². The lowest BCUT2D eigenvalue weighted by Crippen LogP contribution is -2.62. The molecule has 7 heteroatoms. The predicted octanol–water partition coefficient (Wildman–Crippen LogP) is 2.21. The number of nitrogens with one attached hydrogen (secondary N) is 1. The van der Waals surface area contributed by atoms with Gasteiger partial charge in [-0.15, -0.1) is 0 Å². The summed E-state index contributed by atoms with van der Waals surface area (Å²) in [6.45, 7) is -6.03. The first-order valence-corrected chi connectivity index (χ1v) is 9.05. The van der Waals surface area contributed by atoms with Crippen molar-refractivity contribution in [1.82, 2.24) is 14.8 Å². The first kappa shape index (κ1) is 10.9. The Morgan fingerprint density at radius 2 is 2.03 bits per heavy atom. The number of hydrogen-bond donors (Lipinski definition) is 1. The van der Waals surface area contributed by atoms with Crippen molar-refractivity contribution in [2.75, 3.05) is 20.3 Å². The third-order valence-electron chi connectivity index (χ3n) is 5.51. The van der Waals surface area contributed by atoms with E-state index in [9.17, 15) is 9.59 Å². The molecule has 4 heterocycles. The van der Waals surface area contributed by atoms with E-state index in [1.165, 1.54) is 12.1 Å². The Balaban J connectivity index is 1.60. The van der Waals surface area contributed by atoms with E-state index in [1.807, 2.05) is 0 Å². The van der Waals surface area contributed by atoms with Crippen LogP contribution in [0.5, 0.6) is 11.5 Å². The van der Waals surface area contributed by atoms with Crippen molar-refractivity contribution >= 4 is 22.7 Å². The van der Waals surface area contributed by atoms with E-state index in [1.54, 1.807) is 30.3 Å². The second-order valence-electron chi connectivity index (χ2n) is 7.13. The summed E-state index contributed by atoms with van der Waals surface area (Å²) in [7, 11) is 0. The standard InChI is InChI=1S/C22H19N3O4/c1-24-10-19(26)25-16(22(24)27)9-14-13-4-2-3-5-15(13)23-20(14)21(25)12-6-7-17-18(8-12)29-11-28-17/h2-8,16,21,23H,9-11H2,1H3/t16-,21?/m1/s1/i1D3,9D2,11D2. The fraction of sp³-hybridized carbons (Fsp3) is 0.273. The molecule has 1 aromatic heterocycles. The molecule has 7 nitrogen and oxygen atoms in total. The molecule has 1 unspecified atom stereocenters. The molecule has 3 aliphatic heterocycles. The number of ether oxygens (including phenoxy) is 2. The fourth-order valence-corrected chi connectivity index (χ4v) is 4.23. The van der Waals surface area contributed by atoms with Gasteiger partial charge in [0.05, 0.1) is 12.6 Å². The zero-order valence-electron chi connectivity index (χ0n) is 21.9. The number of rotatable bonds is 1. The predicted molar refractivity (Wildman–Crippen MR) is 105 cm³/mol. The number of benzene rings is 2. The van der Waals surface area contributed by atoms with Crippen molar-refractivity contribution in [3.63, 3.8) is 0 Å². The zero-order valence-corrected chi connectivity index (χ0v) is 14.9. The maximum Gasteiger partial charge on any atom is 0.245 e. The van der Waals surface area contributed by atoms with Gasteiger partial charge >= 0.3 is 0 Å². The number of para-hydroxylation sites is 1. The van der Waals surface area contributed by atoms with Gasteiger partial charge in [-0.25, -0.2) is 0 Å². The summed E-state index contributed by atoms with van der Waals surface area (Å²) in [5.74, 6) is -1.52. The largest absolute Gasteiger partial charge is 0.454 e. The van der Waals surface area contributed by atoms with E-state index < -0.39 is 50.5 Å². The van der Waals surface area contributed by atoms with Crippen molar-refractivity contribution in [3.8, 4) is 11.5 Å². The van der Waals surface area contributed by atoms with Crippen molar-refractivity contribution in [2.45, 2.75) is 18.5 Å². The minimum absolute atomic E-state index is 0.0835. The number of amides is 2. The maximum absolute atomic E-state index is 13.5. The quantitative estimate of drug-likeness (QED) is 0.684. The third kappa shape index (κ3) is 2.24. The van der Waals surface area contributed by atoms with E-state index in [-0.39, 0.29) is 17.1 Å². The molecular formula is C22H19N3O4. The molecule has 1 saturated heterocycles. The molecule has 2 aromatic carbocycles. The summed E-state index contributed by atoms with van der Waals surface area (Å²) >= 11 is 0. The first-order chi connectivity index (χ1) is 16.8. The van der Waals surface area contributed by atoms with Crippen LogP contribution in [0.4, 0.5) is 0 Å². The Kier molecular flexibility index (Phi) is 2.17. The smallest absolute Gasteiger partial charge is 0.245 e. The van der Waals surface area contributed by atoms with Crippen LogP contribution < -0.4 is 9.47 Å². The van der Waals surface area contributed by atoms with Gasteiger partial charge in [0.1, 0.15) is 8.78 Å². The Morgan fingerprint density at radius 3 is 2.93 bits per heavy atom. The highest BCUT2D eigenvalue weighted by Crippen LogP contribution is 2.44. The lowest BCUT2D eigenvalue weighted by molar-refractivity contribution is -0.157. The minimum Gasteiger partial charge on any atom is -0.454 e. The molecule has 0 radical (unpaired) electrons. The van der Waals surface area contributed by atoms with Crippen molar-refractivity contribution < 1.29 is 28.7 Å². The van der Waals surface area contributed by atoms with Gasteiger partial charge in [-0.1, -0.05) is 24.3 Å². The summed E-state index contributed by atoms with van der Waals surface area (Å²) < 4.78 is 67.0. The van der Waals surface area contributed by atoms with E-state index in [0.29, 0.717) is 27.1 Å². The molecular weight excluding hydrogens is 370 g/mol. The number of fused-ring (bicyclic) bond motifs is 5. The number of H-pyrrole nitrogens is 1. The summed E-state index contributed by atoms with van der Waals surface area (Å²) in [4.78, 5) is 31.7. The molecule has 1 fully saturated rings. The molecule has 146 valence electrons. The van der Waals surface area contributed by atoms with Crippen LogP contribution in [-0.4, -0.2) is 52.9 Å². The van der Waals surface area contributed by atoms with Crippen LogP contribution in [0.25, 0.3) is 10.9 Å². The van der Waals surface area contributed by atoms with E-state index >= 15 is 0 Å². The molecule has 3 aromatic rings. The summed E-state index contributed by atoms with van der Waals surface area (Å²) in [5.41, 5.74) is 1.49. The topological polar surface area (TPSA) is 74.9 Å². The van der Waals surface area contributed by atoms with Crippen molar-refractivity contribution in [1.29, 1.82) is 0 Å². The molecule has 2 amide bonds. The van der Waals surface area contributed by atoms with E-state index in [2.05, 4.69) is 4.98 Å². The van der Waals surface area contributed by atoms with Crippen molar-refractivity contribution in [2.24, 2.45) is 0 Å². The van der Waals surface area contributed by atoms with Gasteiger partial charge in [-0.2, -0.15) is 0 Å². The van der Waals surface area contributed by atoms with Crippen LogP contribution in [0, 0.1) is 0 Å². The normalized spacial score (nSPS) is 30.3. The number of likely N-dealkylation sites (N-methyl/N-ethyl adjacent to an activating group) is 1. The molecule has 0 saturated carbocycles. The second-order valence-corrected chi connectivity index (χ2v) is 7.13. The lowest BCUT2D eigenvalue weighted by atomic mass is 9.86. The molecule has 2 atom stereocenters. The van der Waals surface area contributed by atoms with Crippen LogP contribution in [0.1, 0.15) is 32.5 Å². The fourth-order valence-electron chi connectivity index (χ4n) is 4.23. The average molecular weight is 396 g/mol. The van der Waals surface area contributed by atoms with Crippen LogP contribution >= 0.6 is 0 Å². The average Bonchev–Trinajstić information content (AvgIpc) is 3.31. The maximum atomic E-state index is 13.5. The third-order valence-corrected chi connectivity index (χ3v) is 5.51. The van der Waals surface area contributed by atoms with E-state index in [0.717, 1.165) is 4.90 Å². The molecule has 1 N–H and O–H groups in total. The minimum atomic E-state index is -2.92. The van der Waals surface area contributed by atoms with Crippen LogP contribution in [-0.2, 0) is 16.0 Å². The Labute approximate surface area is 176 Å². The number of piperazine rings is 1. The summed E-state index contributed by atoms with van der Waals surface area (Å²) in [6.07, 6.45) is -2.42. The van der Waals surface area contributed by atoms with Gasteiger partial charge in [-0.3, -0.25) is 9.59 Å². The van der Waals surface area contributed by atoms with E-state index in [4.69, 9.17) is 19.1 Å². The molecule has 0 bridgehead atoms. The van der Waals surface area contributed by atoms with Gasteiger partial charge < -0.3 is 24.3 Å². The Bertz CT molecular complexity index is 1450.